The van der Waals surface area contributed by atoms with E-state index in [4.69, 9.17) is 28.9 Å². The zero-order valence-electron chi connectivity index (χ0n) is 32.8. The molecule has 4 rings (SSSR count). The van der Waals surface area contributed by atoms with Crippen molar-refractivity contribution in [3.05, 3.63) is 89.1 Å². The van der Waals surface area contributed by atoms with Crippen molar-refractivity contribution < 1.29 is 27.8 Å². The minimum Gasteiger partial charge on any atom is -0.339 e. The predicted molar refractivity (Wildman–Crippen MR) is 216 cm³/mol. The van der Waals surface area contributed by atoms with Crippen LogP contribution >= 0.6 is 19.4 Å². The van der Waals surface area contributed by atoms with Gasteiger partial charge in [-0.2, -0.15) is 0 Å². The van der Waals surface area contributed by atoms with Crippen LogP contribution in [0.2, 0.25) is 0 Å². The Morgan fingerprint density at radius 1 is 0.765 bits per heavy atom. The zero-order valence-corrected chi connectivity index (χ0v) is 36.1. The summed E-state index contributed by atoms with van der Waals surface area (Å²) in [6.45, 7) is 33.4. The van der Waals surface area contributed by atoms with Gasteiger partial charge in [-0.1, -0.05) is 91.8 Å². The van der Waals surface area contributed by atoms with Crippen LogP contribution in [0.4, 0.5) is 21.9 Å². The van der Waals surface area contributed by atoms with Crippen LogP contribution < -0.4 is 19.9 Å². The summed E-state index contributed by atoms with van der Waals surface area (Å²) >= 11 is -2.01. The van der Waals surface area contributed by atoms with Crippen molar-refractivity contribution >= 4 is 47.1 Å². The number of hydrogen-bond donors (Lipinski definition) is 1. The zero-order chi connectivity index (χ0) is 38.2. The minimum absolute atomic E-state index is 0.0307. The Bertz CT molecular complexity index is 1520. The van der Waals surface area contributed by atoms with Gasteiger partial charge in [-0.05, 0) is 45.9 Å². The average molecular weight is 826 g/mol. The summed E-state index contributed by atoms with van der Waals surface area (Å²) in [6, 6.07) is 18.9. The average Bonchev–Trinajstić information content (AvgIpc) is 3.50. The third-order valence-electron chi connectivity index (χ3n) is 8.22. The molecule has 6 nitrogen and oxygen atoms in total. The van der Waals surface area contributed by atoms with Crippen molar-refractivity contribution in [1.82, 2.24) is 0 Å². The van der Waals surface area contributed by atoms with Crippen LogP contribution in [0, 0.1) is 6.67 Å². The van der Waals surface area contributed by atoms with Gasteiger partial charge in [-0.3, -0.25) is 0 Å². The predicted octanol–water partition coefficient (Wildman–Crippen LogP) is 12.4. The van der Waals surface area contributed by atoms with Crippen LogP contribution in [0.15, 0.2) is 54.6 Å². The number of carbonyl (C=O) groups excluding carboxylic acids is 1. The summed E-state index contributed by atoms with van der Waals surface area (Å²) in [5.74, 6) is 2.66. The molecular weight excluding hydrogens is 766 g/mol. The van der Waals surface area contributed by atoms with Crippen molar-refractivity contribution in [1.29, 1.82) is 0 Å². The van der Waals surface area contributed by atoms with Crippen LogP contribution in [0.25, 0.3) is 0 Å². The maximum Gasteiger partial charge on any atom is 0.208 e. The van der Waals surface area contributed by atoms with Gasteiger partial charge >= 0.3 is 145 Å². The third kappa shape index (κ3) is 12.5. The van der Waals surface area contributed by atoms with Gasteiger partial charge in [-0.15, -0.1) is 0 Å². The SMILES string of the molecule is CC(C)Oc1ccc(NC(=O)OC(C)(C)C)cc1[CH]=[Ru]([Cl])[Cl].CC(C)c1cccc(C(C)C)c1N1[C]N(c2c(C(C)C)cccc2C(C)C)CC1. The quantitative estimate of drug-likeness (QED) is 0.206. The second kappa shape index (κ2) is 18.9. The van der Waals surface area contributed by atoms with Gasteiger partial charge in [0.25, 0.3) is 0 Å². The fourth-order valence-electron chi connectivity index (χ4n) is 5.99. The van der Waals surface area contributed by atoms with Crippen molar-refractivity contribution in [2.45, 2.75) is 125 Å². The Hall–Kier alpha value is -2.60. The first-order chi connectivity index (χ1) is 23.8. The van der Waals surface area contributed by atoms with Crippen LogP contribution in [-0.4, -0.2) is 35.5 Å². The number of nitrogens with one attached hydrogen (secondary N) is 1. The number of hydrogen-bond acceptors (Lipinski definition) is 5. The minimum atomic E-state index is -2.01. The van der Waals surface area contributed by atoms with E-state index in [1.807, 2.05) is 34.6 Å². The van der Waals surface area contributed by atoms with Gasteiger partial charge in [0.2, 0.25) is 6.67 Å². The molecule has 0 atom stereocenters. The van der Waals surface area contributed by atoms with Crippen molar-refractivity contribution in [3.8, 4) is 5.75 Å². The number of nitrogens with zero attached hydrogens (tertiary/aromatic N) is 2. The molecule has 51 heavy (non-hydrogen) atoms. The van der Waals surface area contributed by atoms with Gasteiger partial charge < -0.3 is 9.80 Å². The summed E-state index contributed by atoms with van der Waals surface area (Å²) in [7, 11) is 11.9. The summed E-state index contributed by atoms with van der Waals surface area (Å²) in [4.78, 5) is 16.6. The van der Waals surface area contributed by atoms with E-state index in [2.05, 4.69) is 114 Å². The third-order valence-corrected chi connectivity index (χ3v) is 10.1. The van der Waals surface area contributed by atoms with Crippen LogP contribution in [0.5, 0.6) is 5.75 Å². The van der Waals surface area contributed by atoms with E-state index in [1.165, 1.54) is 33.6 Å². The van der Waals surface area contributed by atoms with Gasteiger partial charge in [-0.25, -0.2) is 0 Å². The monoisotopic (exact) mass is 825 g/mol. The van der Waals surface area contributed by atoms with Gasteiger partial charge in [0.05, 0.1) is 0 Å². The molecule has 0 saturated carbocycles. The molecule has 0 spiro atoms. The maximum atomic E-state index is 11.8. The fourth-order valence-corrected chi connectivity index (χ4v) is 7.77. The smallest absolute Gasteiger partial charge is 0.208 e. The van der Waals surface area contributed by atoms with E-state index < -0.39 is 25.2 Å². The molecule has 282 valence electrons. The molecule has 1 heterocycles. The van der Waals surface area contributed by atoms with Crippen molar-refractivity contribution in [3.63, 3.8) is 0 Å². The van der Waals surface area contributed by atoms with Crippen LogP contribution in [0.1, 0.15) is 141 Å². The first kappa shape index (κ1) is 42.8. The molecule has 3 aromatic rings. The molecule has 9 heteroatoms. The largest absolute Gasteiger partial charge is 0.339 e. The number of benzene rings is 3. The summed E-state index contributed by atoms with van der Waals surface area (Å²) in [5, 5.41) is 2.69. The van der Waals surface area contributed by atoms with E-state index in [1.54, 1.807) is 22.8 Å². The van der Waals surface area contributed by atoms with Crippen LogP contribution in [0.3, 0.4) is 0 Å². The number of anilines is 3. The molecular formula is C42H59Cl2N3O3Ru. The molecule has 1 fully saturated rings. The molecule has 1 aliphatic heterocycles. The summed E-state index contributed by atoms with van der Waals surface area (Å²) in [5.41, 5.74) is 9.24. The number of carbonyl (C=O) groups is 1. The molecule has 2 radical (unpaired) electrons. The van der Waals surface area contributed by atoms with E-state index in [9.17, 15) is 4.79 Å². The fraction of sp³-hybridized carbons (Fsp3) is 0.500. The van der Waals surface area contributed by atoms with E-state index in [-0.39, 0.29) is 6.10 Å². The Morgan fingerprint density at radius 2 is 1.20 bits per heavy atom. The molecule has 1 saturated heterocycles. The first-order valence-corrected chi connectivity index (χ1v) is 23.5. The second-order valence-electron chi connectivity index (χ2n) is 15.4. The maximum absolute atomic E-state index is 11.8. The number of ether oxygens (including phenoxy) is 2. The Kier molecular flexibility index (Phi) is 15.9. The van der Waals surface area contributed by atoms with Gasteiger partial charge in [0.15, 0.2) is 0 Å². The van der Waals surface area contributed by atoms with E-state index in [0.29, 0.717) is 35.1 Å². The summed E-state index contributed by atoms with van der Waals surface area (Å²) in [6.07, 6.45) is -0.481. The molecule has 1 aliphatic rings. The molecule has 0 aliphatic carbocycles. The van der Waals surface area contributed by atoms with Crippen molar-refractivity contribution in [2.75, 3.05) is 28.2 Å². The topological polar surface area (TPSA) is 54.0 Å². The normalized spacial score (nSPS) is 13.6. The number of halogens is 2. The number of amides is 1. The molecule has 0 aromatic heterocycles. The second-order valence-corrected chi connectivity index (χ2v) is 21.2. The summed E-state index contributed by atoms with van der Waals surface area (Å²) < 4.78 is 12.7. The van der Waals surface area contributed by atoms with Gasteiger partial charge in [0.1, 0.15) is 0 Å². The standard InChI is InChI=1S/C27H38N2.C15H21NO3.2ClH.Ru/c1-18(2)22-11-9-12-23(19(3)4)26(22)28-15-16-29(17-28)27-24(20(5)6)13-10-14-25(27)21(7)8;1-10(2)18-13-8-7-12(9-11(13)3)16-14(17)19-15(4,5)6;;;/h9-14,18-21H,15-16H2,1-8H3;3,7-10H,1-2,4-6H3,(H,16,17);2*1H;/q;;;;+2/p-2. The molecule has 0 bridgehead atoms. The molecule has 1 N–H and O–H groups in total. The Morgan fingerprint density at radius 3 is 1.55 bits per heavy atom. The van der Waals surface area contributed by atoms with Gasteiger partial charge in [0, 0.05) is 24.5 Å². The molecule has 3 aromatic carbocycles. The molecule has 0 unspecified atom stereocenters. The first-order valence-electron chi connectivity index (χ1n) is 18.0. The van der Waals surface area contributed by atoms with E-state index >= 15 is 0 Å². The Balaban J connectivity index is 0.000000287. The Labute approximate surface area is 321 Å². The number of para-hydroxylation sites is 2. The van der Waals surface area contributed by atoms with E-state index in [0.717, 1.165) is 18.7 Å². The van der Waals surface area contributed by atoms with Crippen molar-refractivity contribution in [2.24, 2.45) is 0 Å². The number of rotatable bonds is 10. The van der Waals surface area contributed by atoms with Crippen LogP contribution in [-0.2, 0) is 18.3 Å². The molecule has 1 amide bonds.